The zero-order valence-electron chi connectivity index (χ0n) is 11.6. The van der Waals surface area contributed by atoms with E-state index in [0.29, 0.717) is 30.0 Å². The van der Waals surface area contributed by atoms with Crippen LogP contribution in [0.4, 0.5) is 0 Å². The van der Waals surface area contributed by atoms with Gasteiger partial charge in [0.2, 0.25) is 0 Å². The Balaban J connectivity index is 2.62. The number of hydrogen-bond acceptors (Lipinski definition) is 5. The molecule has 1 heterocycles. The molecule has 110 valence electrons. The highest BCUT2D eigenvalue weighted by atomic mass is 16.5. The van der Waals surface area contributed by atoms with Gasteiger partial charge in [0.15, 0.2) is 23.5 Å². The topological polar surface area (TPSA) is 86.0 Å². The van der Waals surface area contributed by atoms with E-state index in [2.05, 4.69) is 0 Å². The van der Waals surface area contributed by atoms with Crippen LogP contribution < -0.4 is 9.47 Å². The molecule has 0 aliphatic rings. The van der Waals surface area contributed by atoms with E-state index in [9.17, 15) is 14.7 Å². The predicted molar refractivity (Wildman–Crippen MR) is 74.2 cm³/mol. The van der Waals surface area contributed by atoms with Crippen molar-refractivity contribution >= 4 is 12.3 Å². The maximum absolute atomic E-state index is 11.4. The molecule has 1 N–H and O–H groups in total. The maximum atomic E-state index is 11.4. The number of furan rings is 1. The maximum Gasteiger partial charge on any atom is 0.336 e. The molecule has 6 heteroatoms. The van der Waals surface area contributed by atoms with Crippen molar-refractivity contribution in [2.75, 3.05) is 13.7 Å². The minimum absolute atomic E-state index is 0.00560. The zero-order valence-corrected chi connectivity index (χ0v) is 11.6. The number of rotatable bonds is 6. The third-order valence-corrected chi connectivity index (χ3v) is 2.84. The zero-order chi connectivity index (χ0) is 15.4. The van der Waals surface area contributed by atoms with Crippen LogP contribution in [0, 0.1) is 0 Å². The predicted octanol–water partition coefficient (Wildman–Crippen LogP) is 2.86. The minimum atomic E-state index is -1.13. The van der Waals surface area contributed by atoms with Crippen LogP contribution in [0.3, 0.4) is 0 Å². The van der Waals surface area contributed by atoms with Gasteiger partial charge in [-0.3, -0.25) is 4.79 Å². The van der Waals surface area contributed by atoms with Crippen LogP contribution >= 0.6 is 0 Å². The average molecular weight is 290 g/mol. The van der Waals surface area contributed by atoms with E-state index in [1.165, 1.54) is 31.4 Å². The first kappa shape index (κ1) is 14.6. The van der Waals surface area contributed by atoms with Gasteiger partial charge in [-0.2, -0.15) is 0 Å². The Bertz CT molecular complexity index is 671. The fourth-order valence-electron chi connectivity index (χ4n) is 1.93. The van der Waals surface area contributed by atoms with Gasteiger partial charge in [-0.15, -0.1) is 0 Å². The van der Waals surface area contributed by atoms with Crippen LogP contribution in [0.25, 0.3) is 11.3 Å². The minimum Gasteiger partial charge on any atom is -0.493 e. The van der Waals surface area contributed by atoms with Gasteiger partial charge in [0.1, 0.15) is 5.76 Å². The summed E-state index contributed by atoms with van der Waals surface area (Å²) >= 11 is 0. The van der Waals surface area contributed by atoms with E-state index < -0.39 is 5.97 Å². The van der Waals surface area contributed by atoms with Gasteiger partial charge in [0.05, 0.1) is 19.3 Å². The van der Waals surface area contributed by atoms with Gasteiger partial charge >= 0.3 is 5.97 Å². The Morgan fingerprint density at radius 1 is 1.33 bits per heavy atom. The summed E-state index contributed by atoms with van der Waals surface area (Å²) in [7, 11) is 1.46. The summed E-state index contributed by atoms with van der Waals surface area (Å²) in [5.41, 5.74) is 0.321. The fraction of sp³-hybridized carbons (Fsp3) is 0.200. The molecule has 2 rings (SSSR count). The number of carboxylic acid groups (broad SMARTS) is 1. The number of carbonyl (C=O) groups is 2. The summed E-state index contributed by atoms with van der Waals surface area (Å²) in [6.45, 7) is 2.17. The summed E-state index contributed by atoms with van der Waals surface area (Å²) in [6, 6.07) is 5.90. The van der Waals surface area contributed by atoms with Gasteiger partial charge in [-0.1, -0.05) is 0 Å². The molecule has 0 amide bonds. The molecule has 0 fully saturated rings. The summed E-state index contributed by atoms with van der Waals surface area (Å²) in [4.78, 5) is 22.1. The first-order valence-corrected chi connectivity index (χ1v) is 6.24. The van der Waals surface area contributed by atoms with E-state index in [4.69, 9.17) is 13.9 Å². The molecule has 1 aromatic heterocycles. The molecule has 2 aromatic rings. The van der Waals surface area contributed by atoms with Crippen molar-refractivity contribution in [1.82, 2.24) is 0 Å². The number of ether oxygens (including phenoxy) is 2. The van der Waals surface area contributed by atoms with E-state index >= 15 is 0 Å². The van der Waals surface area contributed by atoms with E-state index in [1.54, 1.807) is 6.92 Å². The summed E-state index contributed by atoms with van der Waals surface area (Å²) in [6.07, 6.45) is 0.551. The van der Waals surface area contributed by atoms with Crippen molar-refractivity contribution in [1.29, 1.82) is 0 Å². The van der Waals surface area contributed by atoms with Crippen LogP contribution in [-0.4, -0.2) is 31.1 Å². The van der Waals surface area contributed by atoms with E-state index in [-0.39, 0.29) is 17.1 Å². The van der Waals surface area contributed by atoms with Gasteiger partial charge in [0, 0.05) is 5.56 Å². The standard InChI is InChI=1S/C15H14O6/c1-3-20-14-7-11(15(17)18)10(6-13(14)19-2)12-5-4-9(8-16)21-12/h4-8H,3H2,1-2H3,(H,17,18). The Kier molecular flexibility index (Phi) is 4.27. The third kappa shape index (κ3) is 2.89. The number of carbonyl (C=O) groups excluding carboxylic acids is 1. The Labute approximate surface area is 120 Å². The van der Waals surface area contributed by atoms with Gasteiger partial charge < -0.3 is 19.0 Å². The van der Waals surface area contributed by atoms with Gasteiger partial charge in [-0.25, -0.2) is 4.79 Å². The summed E-state index contributed by atoms with van der Waals surface area (Å²) in [5, 5.41) is 9.34. The first-order valence-electron chi connectivity index (χ1n) is 6.24. The number of methoxy groups -OCH3 is 1. The van der Waals surface area contributed by atoms with Crippen molar-refractivity contribution in [3.8, 4) is 22.8 Å². The van der Waals surface area contributed by atoms with Crippen molar-refractivity contribution < 1.29 is 28.6 Å². The third-order valence-electron chi connectivity index (χ3n) is 2.84. The SMILES string of the molecule is CCOc1cc(C(=O)O)c(-c2ccc(C=O)o2)cc1OC. The van der Waals surface area contributed by atoms with Gasteiger partial charge in [-0.05, 0) is 31.2 Å². The lowest BCUT2D eigenvalue weighted by Crippen LogP contribution is -2.03. The molecule has 0 saturated carbocycles. The average Bonchev–Trinajstić information content (AvgIpc) is 2.95. The van der Waals surface area contributed by atoms with Crippen LogP contribution in [0.1, 0.15) is 27.8 Å². The summed E-state index contributed by atoms with van der Waals surface area (Å²) in [5.74, 6) is -0.00748. The Morgan fingerprint density at radius 3 is 2.62 bits per heavy atom. The number of aromatic carboxylic acids is 1. The van der Waals surface area contributed by atoms with E-state index in [1.807, 2.05) is 0 Å². The molecule has 0 aliphatic carbocycles. The lowest BCUT2D eigenvalue weighted by atomic mass is 10.0. The second-order valence-corrected chi connectivity index (χ2v) is 4.11. The largest absolute Gasteiger partial charge is 0.493 e. The highest BCUT2D eigenvalue weighted by molar-refractivity contribution is 5.96. The molecule has 21 heavy (non-hydrogen) atoms. The number of benzene rings is 1. The van der Waals surface area contributed by atoms with Crippen LogP contribution in [0.2, 0.25) is 0 Å². The lowest BCUT2D eigenvalue weighted by molar-refractivity contribution is 0.0697. The molecule has 0 saturated heterocycles. The van der Waals surface area contributed by atoms with Crippen molar-refractivity contribution in [3.63, 3.8) is 0 Å². The molecular formula is C15H14O6. The van der Waals surface area contributed by atoms with Crippen LogP contribution in [-0.2, 0) is 0 Å². The highest BCUT2D eigenvalue weighted by Crippen LogP contribution is 2.36. The molecule has 0 spiro atoms. The fourth-order valence-corrected chi connectivity index (χ4v) is 1.93. The molecule has 0 radical (unpaired) electrons. The lowest BCUT2D eigenvalue weighted by Gasteiger charge is -2.12. The molecule has 0 bridgehead atoms. The van der Waals surface area contributed by atoms with Crippen molar-refractivity contribution in [2.45, 2.75) is 6.92 Å². The highest BCUT2D eigenvalue weighted by Gasteiger charge is 2.19. The van der Waals surface area contributed by atoms with Crippen molar-refractivity contribution in [3.05, 3.63) is 35.6 Å². The normalized spacial score (nSPS) is 10.2. The molecule has 0 aliphatic heterocycles. The Hall–Kier alpha value is -2.76. The Morgan fingerprint density at radius 2 is 2.10 bits per heavy atom. The number of hydrogen-bond donors (Lipinski definition) is 1. The molecule has 1 aromatic carbocycles. The molecule has 0 atom stereocenters. The second kappa shape index (κ2) is 6.13. The molecular weight excluding hydrogens is 276 g/mol. The smallest absolute Gasteiger partial charge is 0.336 e. The summed E-state index contributed by atoms with van der Waals surface area (Å²) < 4.78 is 15.8. The van der Waals surface area contributed by atoms with Gasteiger partial charge in [0.25, 0.3) is 0 Å². The molecule has 0 unspecified atom stereocenters. The first-order chi connectivity index (χ1) is 10.1. The van der Waals surface area contributed by atoms with Crippen LogP contribution in [0.15, 0.2) is 28.7 Å². The number of carboxylic acids is 1. The quantitative estimate of drug-likeness (QED) is 0.823. The number of aldehydes is 1. The molecule has 6 nitrogen and oxygen atoms in total. The monoisotopic (exact) mass is 290 g/mol. The van der Waals surface area contributed by atoms with E-state index in [0.717, 1.165) is 0 Å². The van der Waals surface area contributed by atoms with Crippen LogP contribution in [0.5, 0.6) is 11.5 Å². The van der Waals surface area contributed by atoms with Crippen molar-refractivity contribution in [2.24, 2.45) is 0 Å². The second-order valence-electron chi connectivity index (χ2n) is 4.11.